The predicted molar refractivity (Wildman–Crippen MR) is 78.0 cm³/mol. The molecule has 0 aromatic carbocycles. The van der Waals surface area contributed by atoms with Crippen LogP contribution in [0.1, 0.15) is 27.7 Å². The van der Waals surface area contributed by atoms with Crippen molar-refractivity contribution in [3.05, 3.63) is 11.6 Å². The molecule has 1 aliphatic rings. The predicted octanol–water partition coefficient (Wildman–Crippen LogP) is -0.497. The van der Waals surface area contributed by atoms with Crippen molar-refractivity contribution in [1.82, 2.24) is 0 Å². The van der Waals surface area contributed by atoms with E-state index < -0.39 is 55.2 Å². The first kappa shape index (κ1) is 19.6. The van der Waals surface area contributed by atoms with E-state index in [0.29, 0.717) is 0 Å². The molecule has 0 aliphatic carbocycles. The average molecular weight is 332 g/mol. The summed E-state index contributed by atoms with van der Waals surface area (Å²) >= 11 is 0. The number of rotatable bonds is 5. The number of hydrogen-bond acceptors (Lipinski definition) is 8. The fourth-order valence-corrected chi connectivity index (χ4v) is 1.86. The molecule has 8 nitrogen and oxygen atoms in total. The molecule has 23 heavy (non-hydrogen) atoms. The number of aliphatic hydroxyl groups is 3. The first-order valence-corrected chi connectivity index (χ1v) is 7.39. The topological polar surface area (TPSA) is 123 Å². The van der Waals surface area contributed by atoms with E-state index in [1.165, 1.54) is 13.0 Å². The van der Waals surface area contributed by atoms with Crippen molar-refractivity contribution in [1.29, 1.82) is 0 Å². The summed E-state index contributed by atoms with van der Waals surface area (Å²) in [4.78, 5) is 23.6. The highest BCUT2D eigenvalue weighted by atomic mass is 16.7. The van der Waals surface area contributed by atoms with E-state index in [2.05, 4.69) is 0 Å². The Morgan fingerprint density at radius 1 is 1.22 bits per heavy atom. The number of aliphatic hydroxyl groups excluding tert-OH is 3. The Hall–Kier alpha value is -1.48. The summed E-state index contributed by atoms with van der Waals surface area (Å²) in [6.45, 7) is 5.76. The molecular weight excluding hydrogens is 308 g/mol. The van der Waals surface area contributed by atoms with Gasteiger partial charge in [-0.1, -0.05) is 19.9 Å². The average Bonchev–Trinajstić information content (AvgIpc) is 2.52. The largest absolute Gasteiger partial charge is 0.449 e. The summed E-state index contributed by atoms with van der Waals surface area (Å²) in [5.41, 5.74) is 0.282. The standard InChI is InChI=1S/C15H24O8/c1-5-8(4)14(20)22-12-11(18)10(17)9(6-16)21-15(12)23-13(19)7(2)3/h5,7,9-12,15-18H,6H2,1-4H3/t9-,10-,11+,12-,15+/m1/s1. The fraction of sp³-hybridized carbons (Fsp3) is 0.733. The molecule has 8 heteroatoms. The summed E-state index contributed by atoms with van der Waals surface area (Å²) in [7, 11) is 0. The third-order valence-electron chi connectivity index (χ3n) is 3.53. The number of carbonyl (C=O) groups is 2. The Morgan fingerprint density at radius 2 is 1.83 bits per heavy atom. The van der Waals surface area contributed by atoms with Crippen LogP contribution >= 0.6 is 0 Å². The van der Waals surface area contributed by atoms with Crippen molar-refractivity contribution in [3.8, 4) is 0 Å². The van der Waals surface area contributed by atoms with Crippen molar-refractivity contribution < 1.29 is 39.1 Å². The third kappa shape index (κ3) is 4.74. The monoisotopic (exact) mass is 332 g/mol. The zero-order valence-corrected chi connectivity index (χ0v) is 13.6. The molecule has 1 fully saturated rings. The molecule has 0 amide bonds. The Balaban J connectivity index is 2.98. The second-order valence-corrected chi connectivity index (χ2v) is 5.64. The maximum Gasteiger partial charge on any atom is 0.333 e. The van der Waals surface area contributed by atoms with E-state index in [4.69, 9.17) is 14.2 Å². The fourth-order valence-electron chi connectivity index (χ4n) is 1.86. The minimum atomic E-state index is -1.57. The van der Waals surface area contributed by atoms with E-state index in [0.717, 1.165) is 0 Å². The highest BCUT2D eigenvalue weighted by molar-refractivity contribution is 5.87. The highest BCUT2D eigenvalue weighted by Gasteiger charge is 2.48. The first-order chi connectivity index (χ1) is 10.7. The molecule has 0 aromatic heterocycles. The van der Waals surface area contributed by atoms with Gasteiger partial charge in [0, 0.05) is 5.57 Å². The van der Waals surface area contributed by atoms with Crippen LogP contribution in [-0.4, -0.2) is 64.6 Å². The van der Waals surface area contributed by atoms with E-state index in [9.17, 15) is 24.9 Å². The number of allylic oxidation sites excluding steroid dienone is 1. The number of esters is 2. The number of carbonyl (C=O) groups excluding carboxylic acids is 2. The summed E-state index contributed by atoms with van der Waals surface area (Å²) < 4.78 is 15.5. The van der Waals surface area contributed by atoms with Gasteiger partial charge in [0.2, 0.25) is 6.29 Å². The van der Waals surface area contributed by atoms with E-state index in [-0.39, 0.29) is 5.57 Å². The van der Waals surface area contributed by atoms with Crippen molar-refractivity contribution >= 4 is 11.9 Å². The van der Waals surface area contributed by atoms with Crippen LogP contribution in [0.3, 0.4) is 0 Å². The quantitative estimate of drug-likeness (QED) is 0.455. The second-order valence-electron chi connectivity index (χ2n) is 5.64. The van der Waals surface area contributed by atoms with Gasteiger partial charge in [-0.3, -0.25) is 4.79 Å². The highest BCUT2D eigenvalue weighted by Crippen LogP contribution is 2.26. The maximum absolute atomic E-state index is 11.9. The molecule has 0 unspecified atom stereocenters. The smallest absolute Gasteiger partial charge is 0.333 e. The molecule has 0 bridgehead atoms. The van der Waals surface area contributed by atoms with Crippen molar-refractivity contribution in [2.45, 2.75) is 58.4 Å². The maximum atomic E-state index is 11.9. The lowest BCUT2D eigenvalue weighted by atomic mass is 9.99. The lowest BCUT2D eigenvalue weighted by molar-refractivity contribution is -0.296. The van der Waals surface area contributed by atoms with Gasteiger partial charge in [0.15, 0.2) is 6.10 Å². The summed E-state index contributed by atoms with van der Waals surface area (Å²) in [5, 5.41) is 29.2. The van der Waals surface area contributed by atoms with Crippen molar-refractivity contribution in [2.24, 2.45) is 5.92 Å². The molecule has 3 N–H and O–H groups in total. The zero-order chi connectivity index (χ0) is 17.7. The molecule has 0 saturated carbocycles. The molecule has 1 aliphatic heterocycles. The Kier molecular flexibility index (Phi) is 7.14. The van der Waals surface area contributed by atoms with Gasteiger partial charge in [0.1, 0.15) is 18.3 Å². The lowest BCUT2D eigenvalue weighted by Gasteiger charge is -2.41. The van der Waals surface area contributed by atoms with E-state index in [1.807, 2.05) is 0 Å². The van der Waals surface area contributed by atoms with Crippen LogP contribution in [0.5, 0.6) is 0 Å². The van der Waals surface area contributed by atoms with Crippen LogP contribution in [0.4, 0.5) is 0 Å². The molecule has 5 atom stereocenters. The molecule has 0 spiro atoms. The summed E-state index contributed by atoms with van der Waals surface area (Å²) in [5.74, 6) is -1.83. The molecular formula is C15H24O8. The first-order valence-electron chi connectivity index (χ1n) is 7.39. The molecule has 1 saturated heterocycles. The molecule has 0 aromatic rings. The van der Waals surface area contributed by atoms with Gasteiger partial charge in [0.05, 0.1) is 12.5 Å². The molecule has 1 rings (SSSR count). The Bertz CT molecular complexity index is 458. The van der Waals surface area contributed by atoms with Crippen LogP contribution in [0.2, 0.25) is 0 Å². The van der Waals surface area contributed by atoms with Gasteiger partial charge in [0.25, 0.3) is 0 Å². The van der Waals surface area contributed by atoms with Gasteiger partial charge in [-0.15, -0.1) is 0 Å². The molecule has 132 valence electrons. The molecule has 1 heterocycles. The lowest BCUT2D eigenvalue weighted by Crippen LogP contribution is -2.61. The minimum Gasteiger partial charge on any atom is -0.449 e. The number of ether oxygens (including phenoxy) is 3. The molecule has 0 radical (unpaired) electrons. The number of hydrogen-bond donors (Lipinski definition) is 3. The van der Waals surface area contributed by atoms with Gasteiger partial charge in [-0.2, -0.15) is 0 Å². The minimum absolute atomic E-state index is 0.282. The normalized spacial score (nSPS) is 31.8. The summed E-state index contributed by atoms with van der Waals surface area (Å²) in [6.07, 6.45) is -5.53. The van der Waals surface area contributed by atoms with Crippen LogP contribution < -0.4 is 0 Å². The van der Waals surface area contributed by atoms with E-state index >= 15 is 0 Å². The van der Waals surface area contributed by atoms with Gasteiger partial charge >= 0.3 is 11.9 Å². The van der Waals surface area contributed by atoms with Crippen molar-refractivity contribution in [2.75, 3.05) is 6.61 Å². The van der Waals surface area contributed by atoms with E-state index in [1.54, 1.807) is 20.8 Å². The zero-order valence-electron chi connectivity index (χ0n) is 13.6. The van der Waals surface area contributed by atoms with Crippen LogP contribution in [0.25, 0.3) is 0 Å². The van der Waals surface area contributed by atoms with Gasteiger partial charge in [-0.25, -0.2) is 4.79 Å². The Morgan fingerprint density at radius 3 is 2.30 bits per heavy atom. The second kappa shape index (κ2) is 8.39. The Labute approximate surface area is 134 Å². The van der Waals surface area contributed by atoms with Gasteiger partial charge in [-0.05, 0) is 13.8 Å². The van der Waals surface area contributed by atoms with Crippen LogP contribution in [0.15, 0.2) is 11.6 Å². The third-order valence-corrected chi connectivity index (χ3v) is 3.53. The summed E-state index contributed by atoms with van der Waals surface area (Å²) in [6, 6.07) is 0. The van der Waals surface area contributed by atoms with Crippen LogP contribution in [-0.2, 0) is 23.8 Å². The van der Waals surface area contributed by atoms with Crippen LogP contribution in [0, 0.1) is 5.92 Å². The SMILES string of the molecule is CC=C(C)C(=O)O[C@H]1[C@H](OC(=O)C(C)C)O[C@H](CO)[C@@H](O)[C@@H]1O. The van der Waals surface area contributed by atoms with Gasteiger partial charge < -0.3 is 29.5 Å². The van der Waals surface area contributed by atoms with Crippen molar-refractivity contribution in [3.63, 3.8) is 0 Å².